The van der Waals surface area contributed by atoms with Crippen LogP contribution in [0.3, 0.4) is 0 Å². The number of aryl methyl sites for hydroxylation is 2. The maximum atomic E-state index is 13.0. The van der Waals surface area contributed by atoms with Gasteiger partial charge >= 0.3 is 0 Å². The zero-order valence-electron chi connectivity index (χ0n) is 19.6. The summed E-state index contributed by atoms with van der Waals surface area (Å²) in [5.74, 6) is 0.306. The van der Waals surface area contributed by atoms with Gasteiger partial charge in [-0.3, -0.25) is 9.69 Å². The summed E-state index contributed by atoms with van der Waals surface area (Å²) >= 11 is 0. The Bertz CT molecular complexity index is 1000. The van der Waals surface area contributed by atoms with Crippen molar-refractivity contribution in [1.29, 1.82) is 0 Å². The van der Waals surface area contributed by atoms with E-state index < -0.39 is 10.0 Å². The number of carbonyl (C=O) groups excluding carboxylic acids is 1. The highest BCUT2D eigenvalue weighted by molar-refractivity contribution is 7.89. The van der Waals surface area contributed by atoms with Crippen LogP contribution in [-0.2, 0) is 27.7 Å². The van der Waals surface area contributed by atoms with E-state index in [2.05, 4.69) is 33.0 Å². The number of benzene rings is 2. The van der Waals surface area contributed by atoms with Crippen LogP contribution in [0.5, 0.6) is 0 Å². The minimum absolute atomic E-state index is 0.0545. The van der Waals surface area contributed by atoms with Gasteiger partial charge in [0.15, 0.2) is 0 Å². The van der Waals surface area contributed by atoms with Crippen molar-refractivity contribution in [2.75, 3.05) is 38.0 Å². The van der Waals surface area contributed by atoms with Crippen LogP contribution in [0.25, 0.3) is 0 Å². The first kappa shape index (κ1) is 24.4. The molecule has 0 radical (unpaired) electrons. The minimum Gasteiger partial charge on any atom is -0.324 e. The Morgan fingerprint density at radius 1 is 0.938 bits per heavy atom. The average Bonchev–Trinajstić information content (AvgIpc) is 2.79. The van der Waals surface area contributed by atoms with E-state index in [0.717, 1.165) is 35.2 Å². The third-order valence-electron chi connectivity index (χ3n) is 6.15. The van der Waals surface area contributed by atoms with E-state index in [0.29, 0.717) is 37.0 Å². The normalized spacial score (nSPS) is 15.8. The van der Waals surface area contributed by atoms with Gasteiger partial charge in [0.1, 0.15) is 0 Å². The minimum atomic E-state index is -3.52. The maximum Gasteiger partial charge on any atom is 0.243 e. The lowest BCUT2D eigenvalue weighted by atomic mass is 10.0. The van der Waals surface area contributed by atoms with Gasteiger partial charge in [-0.05, 0) is 47.6 Å². The topological polar surface area (TPSA) is 69.7 Å². The fourth-order valence-electron chi connectivity index (χ4n) is 4.09. The molecular formula is C25H35N3O3S. The van der Waals surface area contributed by atoms with Gasteiger partial charge in [-0.15, -0.1) is 0 Å². The molecule has 6 nitrogen and oxygen atoms in total. The molecule has 1 saturated heterocycles. The van der Waals surface area contributed by atoms with Gasteiger partial charge in [-0.2, -0.15) is 4.31 Å². The molecular weight excluding hydrogens is 422 g/mol. The highest BCUT2D eigenvalue weighted by atomic mass is 32.2. The zero-order chi connectivity index (χ0) is 23.3. The van der Waals surface area contributed by atoms with Crippen molar-refractivity contribution in [3.05, 3.63) is 59.2 Å². The second-order valence-electron chi connectivity index (χ2n) is 8.61. The maximum absolute atomic E-state index is 13.0. The van der Waals surface area contributed by atoms with Gasteiger partial charge in [0, 0.05) is 31.9 Å². The molecule has 1 amide bonds. The van der Waals surface area contributed by atoms with Gasteiger partial charge in [-0.1, -0.05) is 58.0 Å². The summed E-state index contributed by atoms with van der Waals surface area (Å²) in [6.07, 6.45) is 1.72. The number of para-hydroxylation sites is 1. The van der Waals surface area contributed by atoms with Crippen molar-refractivity contribution >= 4 is 21.6 Å². The summed E-state index contributed by atoms with van der Waals surface area (Å²) in [7, 11) is -3.52. The molecule has 0 spiro atoms. The molecule has 0 aliphatic carbocycles. The van der Waals surface area contributed by atoms with Crippen molar-refractivity contribution < 1.29 is 13.2 Å². The van der Waals surface area contributed by atoms with E-state index >= 15 is 0 Å². The highest BCUT2D eigenvalue weighted by Crippen LogP contribution is 2.23. The van der Waals surface area contributed by atoms with Gasteiger partial charge in [0.2, 0.25) is 15.9 Å². The predicted molar refractivity (Wildman–Crippen MR) is 130 cm³/mol. The smallest absolute Gasteiger partial charge is 0.243 e. The van der Waals surface area contributed by atoms with Crippen molar-refractivity contribution in [2.24, 2.45) is 0 Å². The third kappa shape index (κ3) is 5.57. The molecule has 1 aliphatic heterocycles. The van der Waals surface area contributed by atoms with Crippen LogP contribution in [0.15, 0.2) is 47.4 Å². The summed E-state index contributed by atoms with van der Waals surface area (Å²) in [5.41, 5.74) is 4.32. The number of nitrogens with zero attached hydrogens (tertiary/aromatic N) is 2. The number of sulfonamides is 1. The molecule has 32 heavy (non-hydrogen) atoms. The molecule has 0 atom stereocenters. The second kappa shape index (κ2) is 10.6. The van der Waals surface area contributed by atoms with Crippen LogP contribution in [0, 0.1) is 0 Å². The molecule has 2 aromatic carbocycles. The fourth-order valence-corrected chi connectivity index (χ4v) is 5.51. The lowest BCUT2D eigenvalue weighted by Gasteiger charge is -2.33. The Hall–Kier alpha value is -2.22. The molecule has 1 heterocycles. The lowest BCUT2D eigenvalue weighted by Crippen LogP contribution is -2.50. The second-order valence-corrected chi connectivity index (χ2v) is 10.5. The van der Waals surface area contributed by atoms with Crippen LogP contribution in [0.1, 0.15) is 50.3 Å². The van der Waals surface area contributed by atoms with Gasteiger partial charge < -0.3 is 5.32 Å². The standard InChI is InChI=1S/C25H35N3O3S/c1-5-20-8-7-9-21(6-2)25(20)26-24(29)18-27-14-16-28(17-15-27)32(30,31)23-12-10-22(11-13-23)19(3)4/h7-13,19H,5-6,14-18H2,1-4H3,(H,26,29). The van der Waals surface area contributed by atoms with E-state index in [1.807, 2.05) is 35.2 Å². The Morgan fingerprint density at radius 2 is 1.50 bits per heavy atom. The number of hydrogen-bond donors (Lipinski definition) is 1. The fraction of sp³-hybridized carbons (Fsp3) is 0.480. The van der Waals surface area contributed by atoms with Crippen LogP contribution in [-0.4, -0.2) is 56.3 Å². The molecule has 7 heteroatoms. The molecule has 1 aliphatic rings. The van der Waals surface area contributed by atoms with E-state index in [1.165, 1.54) is 4.31 Å². The summed E-state index contributed by atoms with van der Waals surface area (Å²) in [5, 5.41) is 3.10. The van der Waals surface area contributed by atoms with Crippen LogP contribution in [0.4, 0.5) is 5.69 Å². The van der Waals surface area contributed by atoms with E-state index in [-0.39, 0.29) is 12.5 Å². The van der Waals surface area contributed by atoms with Gasteiger partial charge in [0.05, 0.1) is 11.4 Å². The molecule has 174 valence electrons. The third-order valence-corrected chi connectivity index (χ3v) is 8.06. The Balaban J connectivity index is 1.58. The average molecular weight is 458 g/mol. The van der Waals surface area contributed by atoms with E-state index in [4.69, 9.17) is 0 Å². The molecule has 1 N–H and O–H groups in total. The predicted octanol–water partition coefficient (Wildman–Crippen LogP) is 3.88. The van der Waals surface area contributed by atoms with Crippen molar-refractivity contribution in [3.8, 4) is 0 Å². The Morgan fingerprint density at radius 3 is 2.00 bits per heavy atom. The monoisotopic (exact) mass is 457 g/mol. The number of anilines is 1. The summed E-state index contributed by atoms with van der Waals surface area (Å²) in [6.45, 7) is 10.4. The quantitative estimate of drug-likeness (QED) is 0.653. The SMILES string of the molecule is CCc1cccc(CC)c1NC(=O)CN1CCN(S(=O)(=O)c2ccc(C(C)C)cc2)CC1. The summed E-state index contributed by atoms with van der Waals surface area (Å²) < 4.78 is 27.5. The highest BCUT2D eigenvalue weighted by Gasteiger charge is 2.29. The van der Waals surface area contributed by atoms with Gasteiger partial charge in [0.25, 0.3) is 0 Å². The molecule has 0 bridgehead atoms. The first-order valence-corrected chi connectivity index (χ1v) is 12.9. The Labute approximate surface area is 192 Å². The first-order valence-electron chi connectivity index (χ1n) is 11.5. The molecule has 1 fully saturated rings. The van der Waals surface area contributed by atoms with Crippen LogP contribution in [0.2, 0.25) is 0 Å². The number of rotatable bonds is 8. The largest absolute Gasteiger partial charge is 0.324 e. The molecule has 0 saturated carbocycles. The van der Waals surface area contributed by atoms with Crippen molar-refractivity contribution in [1.82, 2.24) is 9.21 Å². The first-order chi connectivity index (χ1) is 15.3. The molecule has 2 aromatic rings. The van der Waals surface area contributed by atoms with Gasteiger partial charge in [-0.25, -0.2) is 8.42 Å². The number of amides is 1. The number of hydrogen-bond acceptors (Lipinski definition) is 4. The molecule has 0 unspecified atom stereocenters. The summed E-state index contributed by atoms with van der Waals surface area (Å²) in [4.78, 5) is 15.1. The Kier molecular flexibility index (Phi) is 8.09. The van der Waals surface area contributed by atoms with Crippen molar-refractivity contribution in [2.45, 2.75) is 51.3 Å². The number of nitrogens with one attached hydrogen (secondary N) is 1. The number of piperazine rings is 1. The molecule has 0 aromatic heterocycles. The van der Waals surface area contributed by atoms with Crippen LogP contribution >= 0.6 is 0 Å². The molecule has 3 rings (SSSR count). The summed E-state index contributed by atoms with van der Waals surface area (Å²) in [6, 6.07) is 13.3. The van der Waals surface area contributed by atoms with Crippen LogP contribution < -0.4 is 5.32 Å². The number of carbonyl (C=O) groups is 1. The zero-order valence-corrected chi connectivity index (χ0v) is 20.4. The van der Waals surface area contributed by atoms with E-state index in [1.54, 1.807) is 12.1 Å². The van der Waals surface area contributed by atoms with Crippen molar-refractivity contribution in [3.63, 3.8) is 0 Å². The van der Waals surface area contributed by atoms with E-state index in [9.17, 15) is 13.2 Å². The lowest BCUT2D eigenvalue weighted by molar-refractivity contribution is -0.117.